The lowest BCUT2D eigenvalue weighted by Crippen LogP contribution is -2.49. The minimum atomic E-state index is -4.41. The van der Waals surface area contributed by atoms with Gasteiger partial charge in [0.2, 0.25) is 0 Å². The van der Waals surface area contributed by atoms with Crippen LogP contribution in [0, 0.1) is 11.3 Å². The molecule has 1 N–H and O–H groups in total. The number of alkyl halides is 3. The fourth-order valence-electron chi connectivity index (χ4n) is 5.11. The van der Waals surface area contributed by atoms with Crippen LogP contribution in [0.2, 0.25) is 0 Å². The van der Waals surface area contributed by atoms with Crippen molar-refractivity contribution < 1.29 is 22.7 Å². The fourth-order valence-corrected chi connectivity index (χ4v) is 5.11. The molecule has 0 saturated carbocycles. The molecule has 2 aliphatic heterocycles. The first-order chi connectivity index (χ1) is 18.3. The van der Waals surface area contributed by atoms with Crippen LogP contribution in [-0.2, 0) is 10.9 Å². The number of anilines is 2. The Bertz CT molecular complexity index is 1320. The largest absolute Gasteiger partial charge is 0.416 e. The molecule has 1 aromatic heterocycles. The third kappa shape index (κ3) is 5.69. The molecule has 2 aromatic carbocycles. The number of halogens is 3. The number of hydrogen-bond donors (Lipinski definition) is 1. The van der Waals surface area contributed by atoms with Gasteiger partial charge in [-0.1, -0.05) is 0 Å². The topological polar surface area (TPSA) is 73.5 Å². The van der Waals surface area contributed by atoms with Gasteiger partial charge < -0.3 is 19.5 Å². The Labute approximate surface area is 219 Å². The lowest BCUT2D eigenvalue weighted by Gasteiger charge is -2.41. The lowest BCUT2D eigenvalue weighted by atomic mass is 10.0. The van der Waals surface area contributed by atoms with Crippen molar-refractivity contribution in [3.8, 4) is 11.8 Å². The van der Waals surface area contributed by atoms with Gasteiger partial charge in [0.1, 0.15) is 6.07 Å². The van der Waals surface area contributed by atoms with Crippen molar-refractivity contribution in [2.75, 3.05) is 49.6 Å². The standard InChI is InChI=1S/C28H28F3N5O2/c29-28(30,31)22-1-4-24(5-2-22)36-10-7-20(19-36)27(37)33-23-3-6-26(21(17-23)18-32)35-11-8-25(9-12-35)34-13-15-38-16-14-34/h1-7,10,17,19,25H,8-9,11-16H2,(H,33,37). The summed E-state index contributed by atoms with van der Waals surface area (Å²) in [6.45, 7) is 5.23. The second-order valence-corrected chi connectivity index (χ2v) is 9.52. The van der Waals surface area contributed by atoms with Crippen molar-refractivity contribution in [2.45, 2.75) is 25.1 Å². The molecule has 38 heavy (non-hydrogen) atoms. The van der Waals surface area contributed by atoms with E-state index in [0.717, 1.165) is 70.1 Å². The molecular weight excluding hydrogens is 495 g/mol. The first-order valence-electron chi connectivity index (χ1n) is 12.6. The van der Waals surface area contributed by atoms with Gasteiger partial charge in [-0.15, -0.1) is 0 Å². The number of benzene rings is 2. The zero-order chi connectivity index (χ0) is 26.7. The summed E-state index contributed by atoms with van der Waals surface area (Å²) in [6.07, 6.45) is 0.813. The van der Waals surface area contributed by atoms with Gasteiger partial charge in [-0.2, -0.15) is 18.4 Å². The highest BCUT2D eigenvalue weighted by atomic mass is 19.4. The first-order valence-corrected chi connectivity index (χ1v) is 12.6. The average molecular weight is 524 g/mol. The summed E-state index contributed by atoms with van der Waals surface area (Å²) in [4.78, 5) is 17.6. The maximum atomic E-state index is 12.8. The highest BCUT2D eigenvalue weighted by Gasteiger charge is 2.30. The van der Waals surface area contributed by atoms with Crippen molar-refractivity contribution >= 4 is 17.3 Å². The molecule has 10 heteroatoms. The number of carbonyl (C=O) groups is 1. The number of nitrogens with one attached hydrogen (secondary N) is 1. The molecule has 0 bridgehead atoms. The Kier molecular flexibility index (Phi) is 7.40. The highest BCUT2D eigenvalue weighted by Crippen LogP contribution is 2.30. The van der Waals surface area contributed by atoms with Gasteiger partial charge in [-0.25, -0.2) is 0 Å². The van der Waals surface area contributed by atoms with E-state index >= 15 is 0 Å². The van der Waals surface area contributed by atoms with Crippen LogP contribution in [-0.4, -0.2) is 60.8 Å². The SMILES string of the molecule is N#Cc1cc(NC(=O)c2ccn(-c3ccc(C(F)(F)F)cc3)c2)ccc1N1CCC(N2CCOCC2)CC1. The predicted octanol–water partition coefficient (Wildman–Crippen LogP) is 4.92. The van der Waals surface area contributed by atoms with Crippen LogP contribution in [0.1, 0.15) is 34.3 Å². The van der Waals surface area contributed by atoms with E-state index in [9.17, 15) is 23.2 Å². The minimum Gasteiger partial charge on any atom is -0.379 e. The lowest BCUT2D eigenvalue weighted by molar-refractivity contribution is -0.137. The smallest absolute Gasteiger partial charge is 0.379 e. The molecule has 2 aliphatic rings. The number of aromatic nitrogens is 1. The van der Waals surface area contributed by atoms with Crippen molar-refractivity contribution in [2.24, 2.45) is 0 Å². The van der Waals surface area contributed by atoms with E-state index in [-0.39, 0.29) is 5.91 Å². The molecule has 2 fully saturated rings. The molecule has 2 saturated heterocycles. The third-order valence-corrected chi connectivity index (χ3v) is 7.19. The quantitative estimate of drug-likeness (QED) is 0.514. The summed E-state index contributed by atoms with van der Waals surface area (Å²) in [5, 5.41) is 12.6. The van der Waals surface area contributed by atoms with Gasteiger partial charge in [0.05, 0.1) is 35.6 Å². The summed E-state index contributed by atoms with van der Waals surface area (Å²) in [5.74, 6) is -0.376. The maximum Gasteiger partial charge on any atom is 0.416 e. The van der Waals surface area contributed by atoms with Crippen LogP contribution in [0.25, 0.3) is 5.69 Å². The number of ether oxygens (including phenoxy) is 1. The van der Waals surface area contributed by atoms with Crippen LogP contribution in [0.3, 0.4) is 0 Å². The zero-order valence-electron chi connectivity index (χ0n) is 20.7. The van der Waals surface area contributed by atoms with Crippen LogP contribution in [0.5, 0.6) is 0 Å². The molecule has 1 amide bonds. The van der Waals surface area contributed by atoms with E-state index in [1.54, 1.807) is 35.2 Å². The van der Waals surface area contributed by atoms with E-state index in [1.807, 2.05) is 6.07 Å². The molecule has 0 spiro atoms. The second kappa shape index (κ2) is 10.9. The molecule has 3 aromatic rings. The average Bonchev–Trinajstić information content (AvgIpc) is 3.44. The Morgan fingerprint density at radius 1 is 1.00 bits per heavy atom. The molecule has 0 aliphatic carbocycles. The number of morpholine rings is 1. The van der Waals surface area contributed by atoms with Crippen molar-refractivity contribution in [3.05, 3.63) is 77.6 Å². The summed E-state index contributed by atoms with van der Waals surface area (Å²) in [6, 6.07) is 14.4. The van der Waals surface area contributed by atoms with Gasteiger partial charge in [-0.3, -0.25) is 9.69 Å². The van der Waals surface area contributed by atoms with Gasteiger partial charge >= 0.3 is 6.18 Å². The minimum absolute atomic E-state index is 0.345. The van der Waals surface area contributed by atoms with E-state index in [2.05, 4.69) is 21.2 Å². The zero-order valence-corrected chi connectivity index (χ0v) is 20.7. The number of hydrogen-bond acceptors (Lipinski definition) is 5. The van der Waals surface area contributed by atoms with Gasteiger partial charge in [0.15, 0.2) is 0 Å². The summed E-state index contributed by atoms with van der Waals surface area (Å²) in [7, 11) is 0. The third-order valence-electron chi connectivity index (χ3n) is 7.19. The second-order valence-electron chi connectivity index (χ2n) is 9.52. The van der Waals surface area contributed by atoms with E-state index in [4.69, 9.17) is 4.74 Å². The molecule has 198 valence electrons. The summed E-state index contributed by atoms with van der Waals surface area (Å²) >= 11 is 0. The molecule has 3 heterocycles. The van der Waals surface area contributed by atoms with Gasteiger partial charge in [-0.05, 0) is 61.4 Å². The first kappa shape index (κ1) is 25.8. The normalized spacial score (nSPS) is 17.3. The number of piperidine rings is 1. The number of carbonyl (C=O) groups excluding carboxylic acids is 1. The van der Waals surface area contributed by atoms with Crippen molar-refractivity contribution in [3.63, 3.8) is 0 Å². The van der Waals surface area contributed by atoms with Crippen molar-refractivity contribution in [1.82, 2.24) is 9.47 Å². The summed E-state index contributed by atoms with van der Waals surface area (Å²) < 4.78 is 45.5. The summed E-state index contributed by atoms with van der Waals surface area (Å²) in [5.41, 5.74) is 1.97. The Morgan fingerprint density at radius 3 is 2.37 bits per heavy atom. The van der Waals surface area contributed by atoms with Crippen LogP contribution in [0.4, 0.5) is 24.5 Å². The maximum absolute atomic E-state index is 12.8. The predicted molar refractivity (Wildman–Crippen MR) is 138 cm³/mol. The molecular formula is C28H28F3N5O2. The molecule has 0 radical (unpaired) electrons. The van der Waals surface area contributed by atoms with E-state index < -0.39 is 11.7 Å². The van der Waals surface area contributed by atoms with Crippen LogP contribution < -0.4 is 10.2 Å². The molecule has 0 unspecified atom stereocenters. The van der Waals surface area contributed by atoms with Crippen molar-refractivity contribution in [1.29, 1.82) is 5.26 Å². The van der Waals surface area contributed by atoms with Gasteiger partial charge in [0, 0.05) is 56.0 Å². The Hall–Kier alpha value is -3.81. The molecule has 5 rings (SSSR count). The number of amides is 1. The highest BCUT2D eigenvalue weighted by molar-refractivity contribution is 6.04. The Balaban J connectivity index is 1.22. The fraction of sp³-hybridized carbons (Fsp3) is 0.357. The van der Waals surface area contributed by atoms with E-state index in [1.165, 1.54) is 12.1 Å². The number of rotatable bonds is 5. The molecule has 7 nitrogen and oxygen atoms in total. The van der Waals surface area contributed by atoms with Crippen LogP contribution >= 0.6 is 0 Å². The van der Waals surface area contributed by atoms with Crippen LogP contribution in [0.15, 0.2) is 60.9 Å². The number of nitriles is 1. The number of nitrogens with zero attached hydrogens (tertiary/aromatic N) is 4. The van der Waals surface area contributed by atoms with Gasteiger partial charge in [0.25, 0.3) is 5.91 Å². The monoisotopic (exact) mass is 523 g/mol. The van der Waals surface area contributed by atoms with E-state index in [0.29, 0.717) is 28.5 Å². The molecule has 0 atom stereocenters. The Morgan fingerprint density at radius 2 is 1.71 bits per heavy atom.